The Morgan fingerprint density at radius 1 is 1.39 bits per heavy atom. The van der Waals surface area contributed by atoms with Gasteiger partial charge in [-0.1, -0.05) is 11.2 Å². The molecule has 0 aliphatic heterocycles. The Morgan fingerprint density at radius 3 is 2.78 bits per heavy atom. The number of aryl methyl sites for hydroxylation is 1. The molecule has 0 amide bonds. The van der Waals surface area contributed by atoms with Crippen molar-refractivity contribution >= 4 is 0 Å². The molecule has 0 spiro atoms. The number of nitrogens with two attached hydrogens (primary N) is 1. The van der Waals surface area contributed by atoms with Crippen molar-refractivity contribution in [3.63, 3.8) is 0 Å². The number of hydrogen-bond donors (Lipinski definition) is 1. The molecule has 1 aliphatic carbocycles. The minimum absolute atomic E-state index is 0.194. The standard InChI is InChI=1S/C13H14FN3O/c1-8-3-4-9(10(14)7-8)11-16-12(17-18-11)13(15)5-2-6-13/h3-4,7H,2,5-6,15H2,1H3. The van der Waals surface area contributed by atoms with Crippen LogP contribution in [0.2, 0.25) is 0 Å². The molecule has 0 atom stereocenters. The minimum atomic E-state index is -0.483. The Balaban J connectivity index is 1.97. The van der Waals surface area contributed by atoms with Gasteiger partial charge in [0.05, 0.1) is 11.1 Å². The lowest BCUT2D eigenvalue weighted by Gasteiger charge is -2.34. The first-order valence-corrected chi connectivity index (χ1v) is 5.98. The number of nitrogens with zero attached hydrogens (tertiary/aromatic N) is 2. The zero-order chi connectivity index (χ0) is 12.8. The van der Waals surface area contributed by atoms with E-state index < -0.39 is 5.54 Å². The first kappa shape index (κ1) is 11.3. The Morgan fingerprint density at radius 2 is 2.17 bits per heavy atom. The van der Waals surface area contributed by atoms with E-state index in [4.69, 9.17) is 10.3 Å². The molecule has 5 heteroatoms. The largest absolute Gasteiger partial charge is 0.334 e. The van der Waals surface area contributed by atoms with E-state index in [2.05, 4.69) is 10.1 Å². The van der Waals surface area contributed by atoms with Crippen LogP contribution in [0.1, 0.15) is 30.7 Å². The van der Waals surface area contributed by atoms with Gasteiger partial charge in [-0.05, 0) is 43.9 Å². The lowest BCUT2D eigenvalue weighted by atomic mass is 9.77. The van der Waals surface area contributed by atoms with E-state index in [-0.39, 0.29) is 11.7 Å². The quantitative estimate of drug-likeness (QED) is 0.885. The van der Waals surface area contributed by atoms with Gasteiger partial charge in [-0.25, -0.2) is 4.39 Å². The van der Waals surface area contributed by atoms with E-state index in [0.29, 0.717) is 11.4 Å². The second-order valence-corrected chi connectivity index (χ2v) is 4.92. The van der Waals surface area contributed by atoms with Crippen molar-refractivity contribution in [2.75, 3.05) is 0 Å². The molecule has 1 fully saturated rings. The fraction of sp³-hybridized carbons (Fsp3) is 0.385. The third-order valence-electron chi connectivity index (χ3n) is 3.47. The van der Waals surface area contributed by atoms with Gasteiger partial charge in [-0.2, -0.15) is 4.98 Å². The van der Waals surface area contributed by atoms with E-state index in [1.54, 1.807) is 6.07 Å². The van der Waals surface area contributed by atoms with Crippen molar-refractivity contribution in [3.05, 3.63) is 35.4 Å². The molecule has 94 valence electrons. The molecule has 0 radical (unpaired) electrons. The van der Waals surface area contributed by atoms with Crippen molar-refractivity contribution in [2.24, 2.45) is 5.73 Å². The molecule has 1 heterocycles. The summed E-state index contributed by atoms with van der Waals surface area (Å²) in [7, 11) is 0. The van der Waals surface area contributed by atoms with Gasteiger partial charge in [0, 0.05) is 0 Å². The predicted octanol–water partition coefficient (Wildman–Crippen LogP) is 2.52. The van der Waals surface area contributed by atoms with Gasteiger partial charge in [0.15, 0.2) is 5.82 Å². The van der Waals surface area contributed by atoms with Gasteiger partial charge in [0.25, 0.3) is 5.89 Å². The highest BCUT2D eigenvalue weighted by molar-refractivity contribution is 5.54. The van der Waals surface area contributed by atoms with Crippen LogP contribution in [0, 0.1) is 12.7 Å². The Kier molecular flexibility index (Phi) is 2.45. The highest BCUT2D eigenvalue weighted by atomic mass is 19.1. The van der Waals surface area contributed by atoms with Crippen LogP contribution in [0.3, 0.4) is 0 Å². The molecule has 2 aromatic rings. The normalized spacial score (nSPS) is 17.5. The number of hydrogen-bond acceptors (Lipinski definition) is 4. The Labute approximate surface area is 104 Å². The zero-order valence-electron chi connectivity index (χ0n) is 10.1. The van der Waals surface area contributed by atoms with Gasteiger partial charge < -0.3 is 10.3 Å². The highest BCUT2D eigenvalue weighted by Crippen LogP contribution is 2.37. The molecule has 0 saturated heterocycles. The predicted molar refractivity (Wildman–Crippen MR) is 64.1 cm³/mol. The summed E-state index contributed by atoms with van der Waals surface area (Å²) in [5.41, 5.74) is 6.79. The smallest absolute Gasteiger partial charge is 0.260 e. The van der Waals surface area contributed by atoms with Crippen LogP contribution in [0.25, 0.3) is 11.5 Å². The summed E-state index contributed by atoms with van der Waals surface area (Å²) in [5, 5.41) is 3.87. The molecular formula is C13H14FN3O. The third-order valence-corrected chi connectivity index (χ3v) is 3.47. The number of halogens is 1. The van der Waals surface area contributed by atoms with Gasteiger partial charge in [0.1, 0.15) is 5.82 Å². The van der Waals surface area contributed by atoms with E-state index in [0.717, 1.165) is 24.8 Å². The lowest BCUT2D eigenvalue weighted by molar-refractivity contribution is 0.229. The maximum Gasteiger partial charge on any atom is 0.260 e. The minimum Gasteiger partial charge on any atom is -0.334 e. The van der Waals surface area contributed by atoms with Crippen molar-refractivity contribution in [1.29, 1.82) is 0 Å². The van der Waals surface area contributed by atoms with E-state index in [1.165, 1.54) is 6.07 Å². The molecule has 1 aromatic heterocycles. The summed E-state index contributed by atoms with van der Waals surface area (Å²) in [5.74, 6) is 0.313. The summed E-state index contributed by atoms with van der Waals surface area (Å²) in [6, 6.07) is 4.90. The highest BCUT2D eigenvalue weighted by Gasteiger charge is 2.39. The van der Waals surface area contributed by atoms with Gasteiger partial charge in [-0.3, -0.25) is 0 Å². The molecule has 0 unspecified atom stereocenters. The molecular weight excluding hydrogens is 233 g/mol. The van der Waals surface area contributed by atoms with Crippen LogP contribution in [-0.2, 0) is 5.54 Å². The van der Waals surface area contributed by atoms with Crippen LogP contribution in [0.4, 0.5) is 4.39 Å². The second kappa shape index (κ2) is 3.88. The van der Waals surface area contributed by atoms with Crippen LogP contribution >= 0.6 is 0 Å². The molecule has 1 aliphatic rings. The fourth-order valence-electron chi connectivity index (χ4n) is 2.11. The number of aromatic nitrogens is 2. The number of rotatable bonds is 2. The molecule has 1 saturated carbocycles. The van der Waals surface area contributed by atoms with Gasteiger partial charge in [0.2, 0.25) is 0 Å². The lowest BCUT2D eigenvalue weighted by Crippen LogP contribution is -2.44. The molecule has 2 N–H and O–H groups in total. The summed E-state index contributed by atoms with van der Waals surface area (Å²) in [6.45, 7) is 1.83. The van der Waals surface area contributed by atoms with Crippen molar-refractivity contribution < 1.29 is 8.91 Å². The summed E-state index contributed by atoms with van der Waals surface area (Å²) in [6.07, 6.45) is 2.77. The van der Waals surface area contributed by atoms with Crippen molar-refractivity contribution in [3.8, 4) is 11.5 Å². The first-order chi connectivity index (χ1) is 8.58. The van der Waals surface area contributed by atoms with Gasteiger partial charge >= 0.3 is 0 Å². The van der Waals surface area contributed by atoms with Gasteiger partial charge in [-0.15, -0.1) is 0 Å². The molecule has 1 aromatic carbocycles. The topological polar surface area (TPSA) is 64.9 Å². The summed E-state index contributed by atoms with van der Waals surface area (Å²) < 4.78 is 18.9. The summed E-state index contributed by atoms with van der Waals surface area (Å²) in [4.78, 5) is 4.22. The van der Waals surface area contributed by atoms with Crippen LogP contribution in [-0.4, -0.2) is 10.1 Å². The van der Waals surface area contributed by atoms with E-state index in [1.807, 2.05) is 13.0 Å². The Hall–Kier alpha value is -1.75. The summed E-state index contributed by atoms with van der Waals surface area (Å²) >= 11 is 0. The van der Waals surface area contributed by atoms with Crippen LogP contribution < -0.4 is 5.73 Å². The van der Waals surface area contributed by atoms with Crippen molar-refractivity contribution in [1.82, 2.24) is 10.1 Å². The average molecular weight is 247 g/mol. The maximum atomic E-state index is 13.8. The van der Waals surface area contributed by atoms with Crippen LogP contribution in [0.5, 0.6) is 0 Å². The average Bonchev–Trinajstić information content (AvgIpc) is 2.75. The molecule has 4 nitrogen and oxygen atoms in total. The van der Waals surface area contributed by atoms with Crippen LogP contribution in [0.15, 0.2) is 22.7 Å². The first-order valence-electron chi connectivity index (χ1n) is 5.98. The zero-order valence-corrected chi connectivity index (χ0v) is 10.1. The molecule has 0 bridgehead atoms. The van der Waals surface area contributed by atoms with E-state index in [9.17, 15) is 4.39 Å². The monoisotopic (exact) mass is 247 g/mol. The SMILES string of the molecule is Cc1ccc(-c2nc(C3(N)CCC3)no2)c(F)c1. The Bertz CT molecular complexity index is 590. The second-order valence-electron chi connectivity index (χ2n) is 4.92. The van der Waals surface area contributed by atoms with E-state index >= 15 is 0 Å². The molecule has 18 heavy (non-hydrogen) atoms. The third kappa shape index (κ3) is 1.71. The van der Waals surface area contributed by atoms with Crippen molar-refractivity contribution in [2.45, 2.75) is 31.7 Å². The molecule has 3 rings (SSSR count). The fourth-order valence-corrected chi connectivity index (χ4v) is 2.11. The maximum absolute atomic E-state index is 13.8. The number of benzene rings is 1.